The Morgan fingerprint density at radius 3 is 2.74 bits per heavy atom. The van der Waals surface area contributed by atoms with Crippen molar-refractivity contribution >= 4 is 22.5 Å². The summed E-state index contributed by atoms with van der Waals surface area (Å²) in [5.74, 6) is 0.676. The van der Waals surface area contributed by atoms with Gasteiger partial charge in [0.05, 0.1) is 5.69 Å². The first-order chi connectivity index (χ1) is 11.1. The van der Waals surface area contributed by atoms with Gasteiger partial charge in [-0.05, 0) is 17.7 Å². The predicted molar refractivity (Wildman–Crippen MR) is 84.0 cm³/mol. The average Bonchev–Trinajstić information content (AvgIpc) is 3.02. The first-order valence-corrected chi connectivity index (χ1v) is 6.90. The molecule has 0 radical (unpaired) electrons. The van der Waals surface area contributed by atoms with Crippen molar-refractivity contribution < 1.29 is 14.3 Å². The number of hydrogen-bond acceptors (Lipinski definition) is 6. The van der Waals surface area contributed by atoms with Gasteiger partial charge in [-0.25, -0.2) is 0 Å². The second kappa shape index (κ2) is 4.84. The van der Waals surface area contributed by atoms with E-state index in [1.807, 2.05) is 30.3 Å². The maximum absolute atomic E-state index is 11.4. The summed E-state index contributed by atoms with van der Waals surface area (Å²) in [7, 11) is 0. The van der Waals surface area contributed by atoms with E-state index in [-0.39, 0.29) is 18.2 Å². The van der Waals surface area contributed by atoms with E-state index in [1.54, 1.807) is 6.07 Å². The maximum Gasteiger partial charge on any atom is 0.271 e. The van der Waals surface area contributed by atoms with Gasteiger partial charge in [0.25, 0.3) is 5.91 Å². The van der Waals surface area contributed by atoms with Gasteiger partial charge in [-0.1, -0.05) is 24.3 Å². The number of primary amides is 1. The molecular weight excluding hydrogens is 296 g/mol. The lowest BCUT2D eigenvalue weighted by atomic mass is 10.0. The Labute approximate surface area is 130 Å². The number of ether oxygens (including phenoxy) is 2. The minimum atomic E-state index is -0.703. The molecule has 0 saturated heterocycles. The van der Waals surface area contributed by atoms with Gasteiger partial charge in [-0.3, -0.25) is 4.79 Å². The van der Waals surface area contributed by atoms with Gasteiger partial charge in [0.15, 0.2) is 17.2 Å². The van der Waals surface area contributed by atoms with Gasteiger partial charge >= 0.3 is 0 Å². The van der Waals surface area contributed by atoms with Crippen molar-refractivity contribution in [1.29, 1.82) is 0 Å². The summed E-state index contributed by atoms with van der Waals surface area (Å²) in [6.45, 7) is 0.211. The molecule has 7 nitrogen and oxygen atoms in total. The van der Waals surface area contributed by atoms with E-state index in [0.29, 0.717) is 22.4 Å². The lowest BCUT2D eigenvalue weighted by Crippen LogP contribution is -2.16. The molecule has 0 saturated carbocycles. The molecule has 1 amide bonds. The Kier molecular flexibility index (Phi) is 2.80. The van der Waals surface area contributed by atoms with E-state index in [0.717, 1.165) is 11.1 Å². The van der Waals surface area contributed by atoms with E-state index in [9.17, 15) is 4.79 Å². The SMILES string of the molecule is NC(=O)c1nnc2c(-c3ccc4c(c3)OCO4)cccc2c1N. The first kappa shape index (κ1) is 13.3. The van der Waals surface area contributed by atoms with E-state index in [4.69, 9.17) is 20.9 Å². The van der Waals surface area contributed by atoms with Crippen molar-refractivity contribution in [2.45, 2.75) is 0 Å². The molecule has 0 unspecified atom stereocenters. The van der Waals surface area contributed by atoms with Gasteiger partial charge in [-0.2, -0.15) is 0 Å². The molecule has 1 aliphatic heterocycles. The van der Waals surface area contributed by atoms with Crippen molar-refractivity contribution in [2.24, 2.45) is 5.73 Å². The zero-order chi connectivity index (χ0) is 16.0. The van der Waals surface area contributed by atoms with E-state index in [1.165, 1.54) is 0 Å². The van der Waals surface area contributed by atoms with Crippen LogP contribution < -0.4 is 20.9 Å². The summed E-state index contributed by atoms with van der Waals surface area (Å²) in [5.41, 5.74) is 13.8. The average molecular weight is 308 g/mol. The summed E-state index contributed by atoms with van der Waals surface area (Å²) >= 11 is 0. The van der Waals surface area contributed by atoms with Crippen LogP contribution in [-0.4, -0.2) is 22.9 Å². The molecule has 7 heteroatoms. The molecule has 1 aliphatic rings. The number of carbonyl (C=O) groups excluding carboxylic acids is 1. The summed E-state index contributed by atoms with van der Waals surface area (Å²) in [6.07, 6.45) is 0. The zero-order valence-corrected chi connectivity index (χ0v) is 11.9. The highest BCUT2D eigenvalue weighted by molar-refractivity contribution is 6.07. The Bertz CT molecular complexity index is 955. The number of aromatic nitrogens is 2. The van der Waals surface area contributed by atoms with Crippen molar-refractivity contribution in [3.8, 4) is 22.6 Å². The number of amides is 1. The summed E-state index contributed by atoms with van der Waals surface area (Å²) in [5, 5.41) is 8.62. The second-order valence-corrected chi connectivity index (χ2v) is 5.10. The van der Waals surface area contributed by atoms with Gasteiger partial charge in [0, 0.05) is 10.9 Å². The van der Waals surface area contributed by atoms with Crippen LogP contribution in [0.25, 0.3) is 22.0 Å². The molecule has 4 rings (SSSR count). The molecule has 0 bridgehead atoms. The lowest BCUT2D eigenvalue weighted by molar-refractivity contribution is 0.0995. The number of nitrogens with two attached hydrogens (primary N) is 2. The van der Waals surface area contributed by atoms with Gasteiger partial charge in [-0.15, -0.1) is 10.2 Å². The van der Waals surface area contributed by atoms with Crippen LogP contribution in [0.4, 0.5) is 5.69 Å². The number of hydrogen-bond donors (Lipinski definition) is 2. The highest BCUT2D eigenvalue weighted by Gasteiger charge is 2.17. The summed E-state index contributed by atoms with van der Waals surface area (Å²) < 4.78 is 10.7. The van der Waals surface area contributed by atoms with Crippen molar-refractivity contribution in [1.82, 2.24) is 10.2 Å². The Morgan fingerprint density at radius 2 is 1.91 bits per heavy atom. The fourth-order valence-electron chi connectivity index (χ4n) is 2.63. The lowest BCUT2D eigenvalue weighted by Gasteiger charge is -2.09. The molecule has 2 heterocycles. The van der Waals surface area contributed by atoms with Crippen molar-refractivity contribution in [3.63, 3.8) is 0 Å². The Hall–Kier alpha value is -3.35. The normalized spacial score (nSPS) is 12.5. The molecule has 3 aromatic rings. The van der Waals surface area contributed by atoms with Crippen LogP contribution in [0.2, 0.25) is 0 Å². The fraction of sp³-hybridized carbons (Fsp3) is 0.0625. The molecule has 4 N–H and O–H groups in total. The molecule has 0 fully saturated rings. The topological polar surface area (TPSA) is 113 Å². The fourth-order valence-corrected chi connectivity index (χ4v) is 2.63. The number of anilines is 1. The number of carbonyl (C=O) groups is 1. The minimum Gasteiger partial charge on any atom is -0.454 e. The maximum atomic E-state index is 11.4. The third-order valence-corrected chi connectivity index (χ3v) is 3.75. The number of fused-ring (bicyclic) bond motifs is 2. The van der Waals surface area contributed by atoms with Gasteiger partial charge in [0.2, 0.25) is 6.79 Å². The van der Waals surface area contributed by atoms with Crippen LogP contribution in [0.3, 0.4) is 0 Å². The number of nitrogen functional groups attached to an aromatic ring is 1. The van der Waals surface area contributed by atoms with Gasteiger partial charge < -0.3 is 20.9 Å². The van der Waals surface area contributed by atoms with Crippen LogP contribution in [0.5, 0.6) is 11.5 Å². The largest absolute Gasteiger partial charge is 0.454 e. The smallest absolute Gasteiger partial charge is 0.271 e. The van der Waals surface area contributed by atoms with E-state index in [2.05, 4.69) is 10.2 Å². The van der Waals surface area contributed by atoms with Crippen LogP contribution in [0, 0.1) is 0 Å². The molecule has 114 valence electrons. The summed E-state index contributed by atoms with van der Waals surface area (Å²) in [6, 6.07) is 11.1. The third-order valence-electron chi connectivity index (χ3n) is 3.75. The highest BCUT2D eigenvalue weighted by Crippen LogP contribution is 2.38. The molecule has 2 aromatic carbocycles. The van der Waals surface area contributed by atoms with Crippen molar-refractivity contribution in [3.05, 3.63) is 42.1 Å². The number of nitrogens with zero attached hydrogens (tertiary/aromatic N) is 2. The third kappa shape index (κ3) is 2.02. The van der Waals surface area contributed by atoms with Crippen molar-refractivity contribution in [2.75, 3.05) is 12.5 Å². The van der Waals surface area contributed by atoms with Crippen LogP contribution >= 0.6 is 0 Å². The molecule has 23 heavy (non-hydrogen) atoms. The molecular formula is C16H12N4O3. The molecule has 0 spiro atoms. The van der Waals surface area contributed by atoms with E-state index >= 15 is 0 Å². The molecule has 0 aliphatic carbocycles. The second-order valence-electron chi connectivity index (χ2n) is 5.10. The quantitative estimate of drug-likeness (QED) is 0.745. The predicted octanol–water partition coefficient (Wildman–Crippen LogP) is 1.71. The van der Waals surface area contributed by atoms with Crippen LogP contribution in [0.1, 0.15) is 10.5 Å². The minimum absolute atomic E-state index is 0.0275. The van der Waals surface area contributed by atoms with Gasteiger partial charge in [0.1, 0.15) is 5.52 Å². The van der Waals surface area contributed by atoms with Crippen LogP contribution in [0.15, 0.2) is 36.4 Å². The van der Waals surface area contributed by atoms with E-state index < -0.39 is 5.91 Å². The Morgan fingerprint density at radius 1 is 1.09 bits per heavy atom. The molecule has 1 aromatic heterocycles. The number of benzene rings is 2. The molecule has 0 atom stereocenters. The Balaban J connectivity index is 1.94. The monoisotopic (exact) mass is 308 g/mol. The standard InChI is InChI=1S/C16H12N4O3/c17-13-10-3-1-2-9(14(10)19-20-15(13)16(18)21)8-4-5-11-12(6-8)23-7-22-11/h1-6H,7H2,(H2,17,19)(H2,18,21). The first-order valence-electron chi connectivity index (χ1n) is 6.90. The zero-order valence-electron chi connectivity index (χ0n) is 11.9. The van der Waals surface area contributed by atoms with Crippen LogP contribution in [-0.2, 0) is 0 Å². The summed E-state index contributed by atoms with van der Waals surface area (Å²) in [4.78, 5) is 11.4. The number of rotatable bonds is 2. The highest BCUT2D eigenvalue weighted by atomic mass is 16.7.